The zero-order valence-electron chi connectivity index (χ0n) is 7.36. The Morgan fingerprint density at radius 2 is 1.92 bits per heavy atom. The van der Waals surface area contributed by atoms with Crippen LogP contribution in [0.4, 0.5) is 13.2 Å². The quantitative estimate of drug-likeness (QED) is 0.554. The second-order valence-corrected chi connectivity index (χ2v) is 3.67. The highest BCUT2D eigenvalue weighted by Crippen LogP contribution is 2.32. The number of hydrogen-bond donors (Lipinski definition) is 0. The fraction of sp³-hybridized carbons (Fsp3) is 1.00. The van der Waals surface area contributed by atoms with E-state index in [0.717, 1.165) is 6.42 Å². The van der Waals surface area contributed by atoms with Crippen LogP contribution in [0.15, 0.2) is 0 Å². The van der Waals surface area contributed by atoms with E-state index in [0.29, 0.717) is 6.54 Å². The minimum Gasteiger partial charge on any atom is -0.295 e. The van der Waals surface area contributed by atoms with Crippen LogP contribution in [0, 0.1) is 5.92 Å². The Morgan fingerprint density at radius 1 is 1.33 bits per heavy atom. The van der Waals surface area contributed by atoms with Gasteiger partial charge in [-0.15, -0.1) is 0 Å². The van der Waals surface area contributed by atoms with E-state index in [1.165, 1.54) is 4.90 Å². The third-order valence-electron chi connectivity index (χ3n) is 2.51. The van der Waals surface area contributed by atoms with Crippen LogP contribution in [0.2, 0.25) is 0 Å². The second kappa shape index (κ2) is 3.24. The van der Waals surface area contributed by atoms with Gasteiger partial charge in [0, 0.05) is 0 Å². The van der Waals surface area contributed by atoms with E-state index in [-0.39, 0.29) is 12.3 Å². The first-order chi connectivity index (χ1) is 5.41. The smallest absolute Gasteiger partial charge is 0.295 e. The molecule has 0 N–H and O–H groups in total. The topological polar surface area (TPSA) is 3.24 Å². The molecule has 0 radical (unpaired) electrons. The molecule has 2 atom stereocenters. The molecule has 1 nitrogen and oxygen atoms in total. The highest BCUT2D eigenvalue weighted by Gasteiger charge is 2.44. The highest BCUT2D eigenvalue weighted by molar-refractivity contribution is 4.83. The molecular weight excluding hydrogens is 167 g/mol. The standard InChI is InChI=1S/C8H14F3N/c1-6-3-4-12(2)7(5-6)8(9,10)11/h6-7H,3-5H2,1-2H3. The molecule has 0 spiro atoms. The molecule has 2 unspecified atom stereocenters. The Morgan fingerprint density at radius 3 is 2.33 bits per heavy atom. The van der Waals surface area contributed by atoms with E-state index in [9.17, 15) is 13.2 Å². The van der Waals surface area contributed by atoms with Crippen LogP contribution >= 0.6 is 0 Å². The van der Waals surface area contributed by atoms with Crippen LogP contribution < -0.4 is 0 Å². The summed E-state index contributed by atoms with van der Waals surface area (Å²) >= 11 is 0. The summed E-state index contributed by atoms with van der Waals surface area (Å²) in [5.41, 5.74) is 0. The van der Waals surface area contributed by atoms with Crippen LogP contribution in [0.3, 0.4) is 0 Å². The van der Waals surface area contributed by atoms with Crippen molar-refractivity contribution in [1.82, 2.24) is 4.90 Å². The van der Waals surface area contributed by atoms with Gasteiger partial charge in [-0.2, -0.15) is 13.2 Å². The number of alkyl halides is 3. The first kappa shape index (κ1) is 9.84. The molecule has 1 heterocycles. The molecule has 0 aromatic rings. The molecule has 72 valence electrons. The molecule has 0 aromatic carbocycles. The van der Waals surface area contributed by atoms with Crippen molar-refractivity contribution >= 4 is 0 Å². The minimum atomic E-state index is -4.05. The van der Waals surface area contributed by atoms with Gasteiger partial charge >= 0.3 is 6.18 Å². The first-order valence-electron chi connectivity index (χ1n) is 4.18. The van der Waals surface area contributed by atoms with Crippen LogP contribution in [-0.2, 0) is 0 Å². The van der Waals surface area contributed by atoms with Crippen molar-refractivity contribution in [3.05, 3.63) is 0 Å². The normalized spacial score (nSPS) is 33.8. The van der Waals surface area contributed by atoms with Gasteiger partial charge in [-0.1, -0.05) is 6.92 Å². The van der Waals surface area contributed by atoms with Crippen molar-refractivity contribution < 1.29 is 13.2 Å². The Labute approximate surface area is 70.5 Å². The van der Waals surface area contributed by atoms with Gasteiger partial charge in [0.1, 0.15) is 6.04 Å². The van der Waals surface area contributed by atoms with Crippen molar-refractivity contribution in [2.75, 3.05) is 13.6 Å². The maximum atomic E-state index is 12.3. The van der Waals surface area contributed by atoms with Gasteiger partial charge in [-0.05, 0) is 32.4 Å². The molecule has 1 aliphatic heterocycles. The van der Waals surface area contributed by atoms with Crippen molar-refractivity contribution in [1.29, 1.82) is 0 Å². The molecule has 4 heteroatoms. The molecule has 1 rings (SSSR count). The Bertz CT molecular complexity index is 155. The van der Waals surface area contributed by atoms with Crippen molar-refractivity contribution in [2.45, 2.75) is 32.0 Å². The summed E-state index contributed by atoms with van der Waals surface area (Å²) in [7, 11) is 1.55. The summed E-state index contributed by atoms with van der Waals surface area (Å²) in [6, 6.07) is -1.22. The van der Waals surface area contributed by atoms with Crippen LogP contribution in [0.25, 0.3) is 0 Å². The van der Waals surface area contributed by atoms with E-state index in [1.807, 2.05) is 6.92 Å². The van der Waals surface area contributed by atoms with Gasteiger partial charge in [-0.25, -0.2) is 0 Å². The summed E-state index contributed by atoms with van der Waals surface area (Å²) in [4.78, 5) is 1.40. The summed E-state index contributed by atoms with van der Waals surface area (Å²) in [5.74, 6) is 0.202. The second-order valence-electron chi connectivity index (χ2n) is 3.67. The number of nitrogens with zero attached hydrogens (tertiary/aromatic N) is 1. The predicted molar refractivity (Wildman–Crippen MR) is 40.9 cm³/mol. The van der Waals surface area contributed by atoms with E-state index in [2.05, 4.69) is 0 Å². The van der Waals surface area contributed by atoms with Gasteiger partial charge in [0.25, 0.3) is 0 Å². The van der Waals surface area contributed by atoms with Crippen LogP contribution in [0.1, 0.15) is 19.8 Å². The number of halogens is 3. The molecule has 0 bridgehead atoms. The fourth-order valence-corrected chi connectivity index (χ4v) is 1.64. The maximum absolute atomic E-state index is 12.3. The molecule has 0 aromatic heterocycles. The number of likely N-dealkylation sites (tertiary alicyclic amines) is 1. The Balaban J connectivity index is 2.61. The average molecular weight is 181 g/mol. The molecule has 12 heavy (non-hydrogen) atoms. The lowest BCUT2D eigenvalue weighted by Gasteiger charge is -2.36. The Hall–Kier alpha value is -0.250. The van der Waals surface area contributed by atoms with Crippen molar-refractivity contribution in [3.63, 3.8) is 0 Å². The van der Waals surface area contributed by atoms with Gasteiger partial charge in [0.2, 0.25) is 0 Å². The zero-order valence-corrected chi connectivity index (χ0v) is 7.36. The first-order valence-corrected chi connectivity index (χ1v) is 4.18. The number of hydrogen-bond acceptors (Lipinski definition) is 1. The summed E-state index contributed by atoms with van der Waals surface area (Å²) in [6.07, 6.45) is -2.92. The summed E-state index contributed by atoms with van der Waals surface area (Å²) in [5, 5.41) is 0. The summed E-state index contributed by atoms with van der Waals surface area (Å²) in [6.45, 7) is 2.44. The summed E-state index contributed by atoms with van der Waals surface area (Å²) < 4.78 is 37.0. The number of piperidine rings is 1. The molecule has 1 aliphatic rings. The van der Waals surface area contributed by atoms with Crippen LogP contribution in [0.5, 0.6) is 0 Å². The van der Waals surface area contributed by atoms with E-state index < -0.39 is 12.2 Å². The lowest BCUT2D eigenvalue weighted by atomic mass is 9.93. The zero-order chi connectivity index (χ0) is 9.35. The van der Waals surface area contributed by atoms with Gasteiger partial charge in [0.15, 0.2) is 0 Å². The monoisotopic (exact) mass is 181 g/mol. The van der Waals surface area contributed by atoms with E-state index in [4.69, 9.17) is 0 Å². The molecule has 1 saturated heterocycles. The third-order valence-corrected chi connectivity index (χ3v) is 2.51. The largest absolute Gasteiger partial charge is 0.404 e. The molecule has 0 saturated carbocycles. The molecule has 1 fully saturated rings. The van der Waals surface area contributed by atoms with E-state index in [1.54, 1.807) is 7.05 Å². The molecule has 0 amide bonds. The Kier molecular flexibility index (Phi) is 2.66. The van der Waals surface area contributed by atoms with Crippen LogP contribution in [-0.4, -0.2) is 30.7 Å². The van der Waals surface area contributed by atoms with E-state index >= 15 is 0 Å². The molecular formula is C8H14F3N. The molecule has 0 aliphatic carbocycles. The van der Waals surface area contributed by atoms with Gasteiger partial charge in [-0.3, -0.25) is 4.90 Å². The van der Waals surface area contributed by atoms with Gasteiger partial charge < -0.3 is 0 Å². The lowest BCUT2D eigenvalue weighted by Crippen LogP contribution is -2.48. The maximum Gasteiger partial charge on any atom is 0.404 e. The van der Waals surface area contributed by atoms with Crippen molar-refractivity contribution in [2.24, 2.45) is 5.92 Å². The highest BCUT2D eigenvalue weighted by atomic mass is 19.4. The number of rotatable bonds is 0. The fourth-order valence-electron chi connectivity index (χ4n) is 1.64. The van der Waals surface area contributed by atoms with Crippen molar-refractivity contribution in [3.8, 4) is 0 Å². The minimum absolute atomic E-state index is 0.202. The predicted octanol–water partition coefficient (Wildman–Crippen LogP) is 2.28. The SMILES string of the molecule is CC1CCN(C)C(C(F)(F)F)C1. The average Bonchev–Trinajstić information content (AvgIpc) is 1.92. The third kappa shape index (κ3) is 2.12. The lowest BCUT2D eigenvalue weighted by molar-refractivity contribution is -0.191. The van der Waals surface area contributed by atoms with Gasteiger partial charge in [0.05, 0.1) is 0 Å².